The van der Waals surface area contributed by atoms with Crippen LogP contribution < -0.4 is 0 Å². The lowest BCUT2D eigenvalue weighted by Gasteiger charge is -2.37. The monoisotopic (exact) mass is 337 g/mol. The summed E-state index contributed by atoms with van der Waals surface area (Å²) in [6.07, 6.45) is 17.2. The van der Waals surface area contributed by atoms with Gasteiger partial charge >= 0.3 is 5.97 Å². The van der Waals surface area contributed by atoms with E-state index in [1.165, 1.54) is 45.6 Å². The summed E-state index contributed by atoms with van der Waals surface area (Å²) < 4.78 is 5.16. The van der Waals surface area contributed by atoms with Gasteiger partial charge in [-0.1, -0.05) is 50.7 Å². The maximum absolute atomic E-state index is 12.5. The van der Waals surface area contributed by atoms with Crippen LogP contribution >= 0.6 is 0 Å². The van der Waals surface area contributed by atoms with Crippen molar-refractivity contribution in [3.05, 3.63) is 25.3 Å². The molecule has 3 nitrogen and oxygen atoms in total. The van der Waals surface area contributed by atoms with Gasteiger partial charge in [-0.25, -0.2) is 0 Å². The first-order chi connectivity index (χ1) is 11.5. The van der Waals surface area contributed by atoms with Crippen molar-refractivity contribution in [2.45, 2.75) is 82.6 Å². The fourth-order valence-electron chi connectivity index (χ4n) is 3.27. The van der Waals surface area contributed by atoms with Gasteiger partial charge < -0.3 is 4.74 Å². The molecule has 0 aromatic heterocycles. The fourth-order valence-corrected chi connectivity index (χ4v) is 3.27. The molecule has 0 aliphatic carbocycles. The van der Waals surface area contributed by atoms with Crippen molar-refractivity contribution in [3.8, 4) is 0 Å². The van der Waals surface area contributed by atoms with Crippen molar-refractivity contribution in [3.63, 3.8) is 0 Å². The van der Waals surface area contributed by atoms with E-state index in [0.29, 0.717) is 0 Å². The third-order valence-corrected chi connectivity index (χ3v) is 4.92. The molecule has 0 spiro atoms. The number of methoxy groups -OCH3 is 1. The highest BCUT2D eigenvalue weighted by Gasteiger charge is 2.40. The van der Waals surface area contributed by atoms with Crippen LogP contribution in [0.15, 0.2) is 25.3 Å². The second-order valence-electron chi connectivity index (χ2n) is 6.90. The Kier molecular flexibility index (Phi) is 13.6. The van der Waals surface area contributed by atoms with Crippen molar-refractivity contribution >= 4 is 5.97 Å². The summed E-state index contributed by atoms with van der Waals surface area (Å²) in [5.41, 5.74) is -0.467. The quantitative estimate of drug-likeness (QED) is 0.211. The van der Waals surface area contributed by atoms with Gasteiger partial charge in [0.1, 0.15) is 5.54 Å². The number of carbonyl (C=O) groups is 1. The predicted octanol–water partition coefficient (Wildman–Crippen LogP) is 5.51. The minimum atomic E-state index is -0.467. The lowest BCUT2D eigenvalue weighted by molar-refractivity contribution is -0.155. The Morgan fingerprint density at radius 1 is 0.875 bits per heavy atom. The third kappa shape index (κ3) is 8.68. The van der Waals surface area contributed by atoms with Gasteiger partial charge in [0.15, 0.2) is 0 Å². The number of esters is 1. The number of likely N-dealkylation sites (N-methyl/N-ethyl adjacent to an activating group) is 1. The number of hydrogen-bond acceptors (Lipinski definition) is 3. The Morgan fingerprint density at radius 2 is 1.29 bits per heavy atom. The van der Waals surface area contributed by atoms with Gasteiger partial charge in [0, 0.05) is 0 Å². The maximum Gasteiger partial charge on any atom is 0.326 e. The molecule has 0 rings (SSSR count). The summed E-state index contributed by atoms with van der Waals surface area (Å²) in [5, 5.41) is 0. The minimum absolute atomic E-state index is 0.0790. The normalized spacial score (nSPS) is 11.5. The number of rotatable bonds is 16. The number of ether oxygens (including phenoxy) is 1. The number of allylic oxidation sites excluding steroid dienone is 2. The van der Waals surface area contributed by atoms with Crippen LogP contribution in [0.3, 0.4) is 0 Å². The molecule has 0 amide bonds. The Bertz CT molecular complexity index is 330. The molecule has 0 aliphatic heterocycles. The van der Waals surface area contributed by atoms with E-state index in [0.717, 1.165) is 38.5 Å². The van der Waals surface area contributed by atoms with E-state index in [1.807, 2.05) is 26.2 Å². The second kappa shape index (κ2) is 14.3. The number of hydrogen-bond donors (Lipinski definition) is 0. The van der Waals surface area contributed by atoms with E-state index in [4.69, 9.17) is 4.74 Å². The molecular weight excluding hydrogens is 298 g/mol. The van der Waals surface area contributed by atoms with Gasteiger partial charge in [0.25, 0.3) is 0 Å². The molecule has 0 fully saturated rings. The van der Waals surface area contributed by atoms with E-state index < -0.39 is 5.54 Å². The van der Waals surface area contributed by atoms with Gasteiger partial charge in [-0.15, -0.1) is 13.2 Å². The summed E-state index contributed by atoms with van der Waals surface area (Å²) in [7, 11) is 5.52. The van der Waals surface area contributed by atoms with Crippen LogP contribution in [-0.2, 0) is 9.53 Å². The van der Waals surface area contributed by atoms with Crippen molar-refractivity contribution in [2.24, 2.45) is 0 Å². The van der Waals surface area contributed by atoms with E-state index in [2.05, 4.69) is 18.1 Å². The Hall–Kier alpha value is -1.09. The molecule has 0 unspecified atom stereocenters. The number of carbonyl (C=O) groups excluding carboxylic acids is 1. The zero-order valence-electron chi connectivity index (χ0n) is 16.3. The van der Waals surface area contributed by atoms with Gasteiger partial charge in [-0.2, -0.15) is 0 Å². The second-order valence-corrected chi connectivity index (χ2v) is 6.90. The lowest BCUT2D eigenvalue weighted by atomic mass is 9.85. The first-order valence-corrected chi connectivity index (χ1v) is 9.52. The van der Waals surface area contributed by atoms with Crippen LogP contribution in [0.4, 0.5) is 0 Å². The maximum atomic E-state index is 12.5. The summed E-state index contributed by atoms with van der Waals surface area (Å²) in [6.45, 7) is 7.52. The van der Waals surface area contributed by atoms with Gasteiger partial charge in [0.2, 0.25) is 0 Å². The van der Waals surface area contributed by atoms with Crippen LogP contribution in [-0.4, -0.2) is 37.6 Å². The molecule has 0 radical (unpaired) electrons. The number of unbranched alkanes of at least 4 members (excludes halogenated alkanes) is 8. The molecule has 0 heterocycles. The number of nitrogens with zero attached hydrogens (tertiary/aromatic N) is 1. The van der Waals surface area contributed by atoms with Gasteiger partial charge in [-0.3, -0.25) is 9.69 Å². The highest BCUT2D eigenvalue weighted by molar-refractivity contribution is 5.80. The Balaban J connectivity index is 4.49. The standard InChI is InChI=1S/C21H39NO2/c1-6-8-10-12-14-16-18-21(22(3)4,20(23)24-5)19-17-15-13-11-9-7-2/h6-7H,1-2,8-19H2,3-5H3. The Labute approximate surface area is 150 Å². The van der Waals surface area contributed by atoms with Crippen molar-refractivity contribution in [2.75, 3.05) is 21.2 Å². The molecule has 0 aromatic rings. The van der Waals surface area contributed by atoms with Gasteiger partial charge in [0.05, 0.1) is 7.11 Å². The molecular formula is C21H39NO2. The third-order valence-electron chi connectivity index (χ3n) is 4.92. The highest BCUT2D eigenvalue weighted by atomic mass is 16.5. The lowest BCUT2D eigenvalue weighted by Crippen LogP contribution is -2.51. The summed E-state index contributed by atoms with van der Waals surface area (Å²) in [5.74, 6) is -0.0790. The van der Waals surface area contributed by atoms with Gasteiger partial charge in [-0.05, 0) is 52.6 Å². The summed E-state index contributed by atoms with van der Waals surface area (Å²) in [6, 6.07) is 0. The average molecular weight is 338 g/mol. The van der Waals surface area contributed by atoms with Crippen LogP contribution in [0, 0.1) is 0 Å². The van der Waals surface area contributed by atoms with E-state index in [9.17, 15) is 4.79 Å². The van der Waals surface area contributed by atoms with Crippen LogP contribution in [0.25, 0.3) is 0 Å². The average Bonchev–Trinajstić information content (AvgIpc) is 2.58. The van der Waals surface area contributed by atoms with Crippen LogP contribution in [0.5, 0.6) is 0 Å². The largest absolute Gasteiger partial charge is 0.468 e. The first kappa shape index (κ1) is 22.9. The molecule has 0 bridgehead atoms. The molecule has 0 saturated heterocycles. The van der Waals surface area contributed by atoms with Crippen LogP contribution in [0.1, 0.15) is 77.0 Å². The van der Waals surface area contributed by atoms with E-state index in [-0.39, 0.29) is 5.97 Å². The SMILES string of the molecule is C=CCCCCCCC(CCCCCCC=C)(C(=O)OC)N(C)C. The smallest absolute Gasteiger partial charge is 0.326 e. The topological polar surface area (TPSA) is 29.5 Å². The molecule has 0 aliphatic rings. The van der Waals surface area contributed by atoms with Crippen molar-refractivity contribution < 1.29 is 9.53 Å². The molecule has 0 atom stereocenters. The van der Waals surface area contributed by atoms with Crippen molar-refractivity contribution in [1.82, 2.24) is 4.90 Å². The molecule has 3 heteroatoms. The molecule has 0 N–H and O–H groups in total. The molecule has 24 heavy (non-hydrogen) atoms. The van der Waals surface area contributed by atoms with Crippen molar-refractivity contribution in [1.29, 1.82) is 0 Å². The molecule has 0 saturated carbocycles. The zero-order chi connectivity index (χ0) is 18.3. The van der Waals surface area contributed by atoms with E-state index in [1.54, 1.807) is 0 Å². The highest BCUT2D eigenvalue weighted by Crippen LogP contribution is 2.29. The fraction of sp³-hybridized carbons (Fsp3) is 0.762. The predicted molar refractivity (Wildman–Crippen MR) is 104 cm³/mol. The Morgan fingerprint density at radius 3 is 1.62 bits per heavy atom. The first-order valence-electron chi connectivity index (χ1n) is 9.52. The molecule has 0 aromatic carbocycles. The summed E-state index contributed by atoms with van der Waals surface area (Å²) >= 11 is 0. The zero-order valence-corrected chi connectivity index (χ0v) is 16.3. The summed E-state index contributed by atoms with van der Waals surface area (Å²) in [4.78, 5) is 14.6. The van der Waals surface area contributed by atoms with Crippen LogP contribution in [0.2, 0.25) is 0 Å². The van der Waals surface area contributed by atoms with E-state index >= 15 is 0 Å². The molecule has 140 valence electrons. The minimum Gasteiger partial charge on any atom is -0.468 e.